The second kappa shape index (κ2) is 5.33. The van der Waals surface area contributed by atoms with Gasteiger partial charge in [-0.25, -0.2) is 4.39 Å². The zero-order valence-electron chi connectivity index (χ0n) is 8.11. The second-order valence-electron chi connectivity index (χ2n) is 3.10. The van der Waals surface area contributed by atoms with Crippen LogP contribution in [0.3, 0.4) is 0 Å². The second-order valence-corrected chi connectivity index (χ2v) is 3.78. The molecule has 0 fully saturated rings. The average molecular weight is 250 g/mol. The fourth-order valence-corrected chi connectivity index (χ4v) is 1.44. The maximum absolute atomic E-state index is 13.2. The highest BCUT2D eigenvalue weighted by Gasteiger charge is 2.06. The first-order valence-corrected chi connectivity index (χ1v) is 5.23. The molecule has 5 heteroatoms. The third kappa shape index (κ3) is 3.36. The Morgan fingerprint density at radius 2 is 2.20 bits per heavy atom. The molecule has 2 nitrogen and oxygen atoms in total. The van der Waals surface area contributed by atoms with E-state index in [1.807, 2.05) is 0 Å². The predicted octanol–water partition coefficient (Wildman–Crippen LogP) is 2.64. The van der Waals surface area contributed by atoms with Crippen LogP contribution in [-0.4, -0.2) is 11.8 Å². The molecule has 0 atom stereocenters. The molecule has 1 N–H and O–H groups in total. The van der Waals surface area contributed by atoms with E-state index in [0.29, 0.717) is 16.1 Å². The Bertz CT molecular complexity index is 382. The number of alkyl halides is 1. The fourth-order valence-electron chi connectivity index (χ4n) is 1.06. The summed E-state index contributed by atoms with van der Waals surface area (Å²) in [4.78, 5) is 10.9. The van der Waals surface area contributed by atoms with Crippen molar-refractivity contribution < 1.29 is 9.18 Å². The topological polar surface area (TPSA) is 29.1 Å². The van der Waals surface area contributed by atoms with Gasteiger partial charge < -0.3 is 5.32 Å². The summed E-state index contributed by atoms with van der Waals surface area (Å²) in [5, 5.41) is 2.95. The van der Waals surface area contributed by atoms with Gasteiger partial charge >= 0.3 is 0 Å². The van der Waals surface area contributed by atoms with Crippen molar-refractivity contribution in [2.75, 3.05) is 5.88 Å². The maximum atomic E-state index is 13.2. The number of halogens is 3. The van der Waals surface area contributed by atoms with Crippen molar-refractivity contribution in [3.8, 4) is 0 Å². The smallest absolute Gasteiger partial charge is 0.235 e. The fraction of sp³-hybridized carbons (Fsp3) is 0.300. The van der Waals surface area contributed by atoms with Crippen molar-refractivity contribution in [3.05, 3.63) is 34.1 Å². The molecule has 0 bridgehead atoms. The van der Waals surface area contributed by atoms with Crippen LogP contribution in [0.1, 0.15) is 11.1 Å². The lowest BCUT2D eigenvalue weighted by Crippen LogP contribution is -2.23. The van der Waals surface area contributed by atoms with Crippen molar-refractivity contribution in [2.45, 2.75) is 13.5 Å². The van der Waals surface area contributed by atoms with Gasteiger partial charge in [-0.15, -0.1) is 11.6 Å². The summed E-state index contributed by atoms with van der Waals surface area (Å²) in [5.41, 5.74) is 1.02. The molecule has 0 radical (unpaired) electrons. The van der Waals surface area contributed by atoms with Crippen LogP contribution in [0.5, 0.6) is 0 Å². The van der Waals surface area contributed by atoms with Gasteiger partial charge in [0.15, 0.2) is 0 Å². The highest BCUT2D eigenvalue weighted by Crippen LogP contribution is 2.20. The van der Waals surface area contributed by atoms with Crippen molar-refractivity contribution in [1.82, 2.24) is 5.32 Å². The van der Waals surface area contributed by atoms with E-state index in [9.17, 15) is 9.18 Å². The number of hydrogen-bond acceptors (Lipinski definition) is 1. The minimum Gasteiger partial charge on any atom is -0.351 e. The molecule has 0 spiro atoms. The molecule has 15 heavy (non-hydrogen) atoms. The van der Waals surface area contributed by atoms with Crippen LogP contribution < -0.4 is 5.32 Å². The Morgan fingerprint density at radius 3 is 2.80 bits per heavy atom. The predicted molar refractivity (Wildman–Crippen MR) is 58.7 cm³/mol. The van der Waals surface area contributed by atoms with Crippen molar-refractivity contribution >= 4 is 29.1 Å². The highest BCUT2D eigenvalue weighted by molar-refractivity contribution is 6.31. The summed E-state index contributed by atoms with van der Waals surface area (Å²) < 4.78 is 13.2. The third-order valence-electron chi connectivity index (χ3n) is 1.93. The lowest BCUT2D eigenvalue weighted by atomic mass is 10.1. The molecule has 0 unspecified atom stereocenters. The van der Waals surface area contributed by atoms with Crippen LogP contribution in [0.15, 0.2) is 12.1 Å². The number of carbonyl (C=O) groups is 1. The van der Waals surface area contributed by atoms with E-state index < -0.39 is 0 Å². The number of aryl methyl sites for hydroxylation is 1. The van der Waals surface area contributed by atoms with Crippen LogP contribution in [0, 0.1) is 12.7 Å². The summed E-state index contributed by atoms with van der Waals surface area (Å²) >= 11 is 11.2. The maximum Gasteiger partial charge on any atom is 0.235 e. The zero-order valence-corrected chi connectivity index (χ0v) is 9.62. The zero-order chi connectivity index (χ0) is 11.4. The Kier molecular flexibility index (Phi) is 4.36. The molecular weight excluding hydrogens is 240 g/mol. The van der Waals surface area contributed by atoms with Crippen LogP contribution in [-0.2, 0) is 11.3 Å². The van der Waals surface area contributed by atoms with Crippen molar-refractivity contribution in [1.29, 1.82) is 0 Å². The number of benzene rings is 1. The average Bonchev–Trinajstić information content (AvgIpc) is 2.21. The minimum absolute atomic E-state index is 0.119. The van der Waals surface area contributed by atoms with Gasteiger partial charge in [0.05, 0.1) is 0 Å². The highest BCUT2D eigenvalue weighted by atomic mass is 35.5. The first-order valence-electron chi connectivity index (χ1n) is 4.31. The molecule has 1 amide bonds. The van der Waals surface area contributed by atoms with E-state index in [1.54, 1.807) is 6.92 Å². The number of nitrogens with one attached hydrogen (secondary N) is 1. The van der Waals surface area contributed by atoms with Gasteiger partial charge in [-0.2, -0.15) is 0 Å². The molecule has 1 rings (SSSR count). The third-order valence-corrected chi connectivity index (χ3v) is 2.52. The standard InChI is InChI=1S/C10H10Cl2FNO/c1-6-2-8(12)7(3-9(6)13)5-14-10(15)4-11/h2-3H,4-5H2,1H3,(H,14,15). The minimum atomic E-state index is -0.338. The van der Waals surface area contributed by atoms with Crippen LogP contribution in [0.25, 0.3) is 0 Å². The van der Waals surface area contributed by atoms with E-state index in [4.69, 9.17) is 23.2 Å². The summed E-state index contributed by atoms with van der Waals surface area (Å²) in [7, 11) is 0. The molecule has 0 aliphatic heterocycles. The van der Waals surface area contributed by atoms with E-state index in [-0.39, 0.29) is 24.1 Å². The number of carbonyl (C=O) groups excluding carboxylic acids is 1. The van der Waals surface area contributed by atoms with E-state index in [1.165, 1.54) is 12.1 Å². The summed E-state index contributed by atoms with van der Waals surface area (Å²) in [6.45, 7) is 1.81. The molecule has 0 heterocycles. The SMILES string of the molecule is Cc1cc(Cl)c(CNC(=O)CCl)cc1F. The summed E-state index contributed by atoms with van der Waals surface area (Å²) in [6.07, 6.45) is 0. The number of hydrogen-bond donors (Lipinski definition) is 1. The molecule has 0 aromatic heterocycles. The molecule has 1 aromatic rings. The Labute approximate surface area is 97.4 Å². The lowest BCUT2D eigenvalue weighted by molar-refractivity contribution is -0.118. The molecule has 0 saturated heterocycles. The molecule has 0 saturated carbocycles. The van der Waals surface area contributed by atoms with Gasteiger partial charge in [-0.3, -0.25) is 4.79 Å². The van der Waals surface area contributed by atoms with Crippen LogP contribution in [0.4, 0.5) is 4.39 Å². The van der Waals surface area contributed by atoms with Gasteiger partial charge in [0.2, 0.25) is 5.91 Å². The molecular formula is C10H10Cl2FNO. The van der Waals surface area contributed by atoms with Gasteiger partial charge in [0.25, 0.3) is 0 Å². The van der Waals surface area contributed by atoms with Gasteiger partial charge in [0.1, 0.15) is 11.7 Å². The van der Waals surface area contributed by atoms with Crippen molar-refractivity contribution in [3.63, 3.8) is 0 Å². The first kappa shape index (κ1) is 12.3. The number of amides is 1. The van der Waals surface area contributed by atoms with E-state index >= 15 is 0 Å². The lowest BCUT2D eigenvalue weighted by Gasteiger charge is -2.07. The quantitative estimate of drug-likeness (QED) is 0.821. The Morgan fingerprint density at radius 1 is 1.53 bits per heavy atom. The Hall–Kier alpha value is -0.800. The van der Waals surface area contributed by atoms with Crippen molar-refractivity contribution in [2.24, 2.45) is 0 Å². The molecule has 0 aliphatic rings. The molecule has 82 valence electrons. The largest absolute Gasteiger partial charge is 0.351 e. The summed E-state index contributed by atoms with van der Waals surface area (Å²) in [6, 6.07) is 2.84. The number of rotatable bonds is 3. The van der Waals surface area contributed by atoms with E-state index in [0.717, 1.165) is 0 Å². The van der Waals surface area contributed by atoms with Gasteiger partial charge in [0, 0.05) is 11.6 Å². The summed E-state index contributed by atoms with van der Waals surface area (Å²) in [5.74, 6) is -0.769. The first-order chi connectivity index (χ1) is 7.04. The van der Waals surface area contributed by atoms with Gasteiger partial charge in [-0.1, -0.05) is 11.6 Å². The van der Waals surface area contributed by atoms with E-state index in [2.05, 4.69) is 5.32 Å². The molecule has 1 aromatic carbocycles. The van der Waals surface area contributed by atoms with Crippen LogP contribution >= 0.6 is 23.2 Å². The van der Waals surface area contributed by atoms with Crippen LogP contribution in [0.2, 0.25) is 5.02 Å². The van der Waals surface area contributed by atoms with Gasteiger partial charge in [-0.05, 0) is 30.2 Å². The Balaban J connectivity index is 2.77. The molecule has 0 aliphatic carbocycles. The monoisotopic (exact) mass is 249 g/mol. The normalized spacial score (nSPS) is 10.1.